The van der Waals surface area contributed by atoms with Gasteiger partial charge in [-0.15, -0.1) is 0 Å². The summed E-state index contributed by atoms with van der Waals surface area (Å²) in [6.45, 7) is 4.30. The lowest BCUT2D eigenvalue weighted by atomic mass is 10.1. The highest BCUT2D eigenvalue weighted by Crippen LogP contribution is 2.20. The molecular formula is C14H18ClFN2O. The van der Waals surface area contributed by atoms with Crippen molar-refractivity contribution in [3.63, 3.8) is 0 Å². The normalized spacial score (nSPS) is 17.0. The fraction of sp³-hybridized carbons (Fsp3) is 0.500. The number of carbonyl (C=O) groups excluding carboxylic acids is 1. The fourth-order valence-corrected chi connectivity index (χ4v) is 2.45. The molecule has 3 nitrogen and oxygen atoms in total. The second-order valence-electron chi connectivity index (χ2n) is 4.83. The highest BCUT2D eigenvalue weighted by atomic mass is 35.5. The summed E-state index contributed by atoms with van der Waals surface area (Å²) in [7, 11) is 0. The van der Waals surface area contributed by atoms with Crippen LogP contribution in [0.4, 0.5) is 4.39 Å². The summed E-state index contributed by atoms with van der Waals surface area (Å²) in [5.41, 5.74) is 0.944. The van der Waals surface area contributed by atoms with Gasteiger partial charge in [0.05, 0.1) is 5.02 Å². The zero-order valence-electron chi connectivity index (χ0n) is 11.0. The minimum atomic E-state index is -0.403. The summed E-state index contributed by atoms with van der Waals surface area (Å²) in [5.74, 6) is -0.167. The number of carbonyl (C=O) groups is 1. The molecule has 1 fully saturated rings. The van der Waals surface area contributed by atoms with E-state index in [-0.39, 0.29) is 17.0 Å². The average Bonchev–Trinajstić information content (AvgIpc) is 2.78. The third kappa shape index (κ3) is 3.67. The first-order valence-electron chi connectivity index (χ1n) is 6.54. The molecule has 1 heterocycles. The molecule has 0 unspecified atom stereocenters. The van der Waals surface area contributed by atoms with Gasteiger partial charge in [0, 0.05) is 32.1 Å². The van der Waals surface area contributed by atoms with Crippen LogP contribution in [0.25, 0.3) is 0 Å². The van der Waals surface area contributed by atoms with E-state index in [4.69, 9.17) is 11.6 Å². The number of hydrogen-bond donors (Lipinski definition) is 1. The van der Waals surface area contributed by atoms with Crippen molar-refractivity contribution < 1.29 is 9.18 Å². The molecule has 1 aliphatic heterocycles. The van der Waals surface area contributed by atoms with Crippen LogP contribution >= 0.6 is 11.6 Å². The van der Waals surface area contributed by atoms with Crippen LogP contribution in [-0.4, -0.2) is 30.4 Å². The van der Waals surface area contributed by atoms with Gasteiger partial charge in [-0.1, -0.05) is 17.7 Å². The Balaban J connectivity index is 1.82. The Morgan fingerprint density at radius 2 is 2.32 bits per heavy atom. The van der Waals surface area contributed by atoms with Crippen molar-refractivity contribution in [2.75, 3.05) is 19.6 Å². The average molecular weight is 285 g/mol. The summed E-state index contributed by atoms with van der Waals surface area (Å²) in [6, 6.07) is 4.81. The predicted octanol–water partition coefficient (Wildman–Crippen LogP) is 2.75. The van der Waals surface area contributed by atoms with E-state index >= 15 is 0 Å². The van der Waals surface area contributed by atoms with Gasteiger partial charge in [0.1, 0.15) is 5.82 Å². The zero-order chi connectivity index (χ0) is 13.8. The van der Waals surface area contributed by atoms with Gasteiger partial charge in [-0.05, 0) is 31.0 Å². The largest absolute Gasteiger partial charge is 0.341 e. The molecule has 19 heavy (non-hydrogen) atoms. The van der Waals surface area contributed by atoms with Crippen LogP contribution in [0.15, 0.2) is 18.2 Å². The number of halogens is 2. The van der Waals surface area contributed by atoms with Crippen molar-refractivity contribution in [2.45, 2.75) is 25.8 Å². The van der Waals surface area contributed by atoms with Gasteiger partial charge in [-0.2, -0.15) is 0 Å². The molecule has 0 saturated carbocycles. The molecule has 0 spiro atoms. The SMILES string of the molecule is C[C@@H](NCCN1CCCC1=O)c1ccc(F)c(Cl)c1. The summed E-state index contributed by atoms with van der Waals surface area (Å²) in [6.07, 6.45) is 1.63. The lowest BCUT2D eigenvalue weighted by Gasteiger charge is -2.19. The van der Waals surface area contributed by atoms with Gasteiger partial charge in [-0.3, -0.25) is 4.79 Å². The molecule has 1 N–H and O–H groups in total. The van der Waals surface area contributed by atoms with Crippen molar-refractivity contribution in [2.24, 2.45) is 0 Å². The van der Waals surface area contributed by atoms with Gasteiger partial charge in [0.15, 0.2) is 0 Å². The Morgan fingerprint density at radius 3 is 2.95 bits per heavy atom. The standard InChI is InChI=1S/C14H18ClFN2O/c1-10(11-4-5-13(16)12(15)9-11)17-6-8-18-7-2-3-14(18)19/h4-5,9-10,17H,2-3,6-8H2,1H3/t10-/m1/s1. The molecule has 1 aromatic carbocycles. The van der Waals surface area contributed by atoms with Crippen LogP contribution in [0, 0.1) is 5.82 Å². The third-order valence-corrected chi connectivity index (χ3v) is 3.74. The van der Waals surface area contributed by atoms with Crippen molar-refractivity contribution in [3.05, 3.63) is 34.6 Å². The maximum Gasteiger partial charge on any atom is 0.222 e. The zero-order valence-corrected chi connectivity index (χ0v) is 11.7. The first-order chi connectivity index (χ1) is 9.08. The van der Waals surface area contributed by atoms with Crippen LogP contribution in [0.5, 0.6) is 0 Å². The lowest BCUT2D eigenvalue weighted by molar-refractivity contribution is -0.127. The van der Waals surface area contributed by atoms with Gasteiger partial charge >= 0.3 is 0 Å². The smallest absolute Gasteiger partial charge is 0.222 e. The maximum atomic E-state index is 13.1. The molecule has 1 saturated heterocycles. The Morgan fingerprint density at radius 1 is 1.53 bits per heavy atom. The molecule has 1 aliphatic rings. The van der Waals surface area contributed by atoms with E-state index in [1.165, 1.54) is 6.07 Å². The number of benzene rings is 1. The second kappa shape index (κ2) is 6.35. The van der Waals surface area contributed by atoms with E-state index < -0.39 is 5.82 Å². The van der Waals surface area contributed by atoms with E-state index in [1.54, 1.807) is 12.1 Å². The van der Waals surface area contributed by atoms with Gasteiger partial charge in [-0.25, -0.2) is 4.39 Å². The van der Waals surface area contributed by atoms with Crippen LogP contribution < -0.4 is 5.32 Å². The highest BCUT2D eigenvalue weighted by Gasteiger charge is 2.19. The fourth-order valence-electron chi connectivity index (χ4n) is 2.26. The molecule has 0 bridgehead atoms. The van der Waals surface area contributed by atoms with Crippen molar-refractivity contribution >= 4 is 17.5 Å². The highest BCUT2D eigenvalue weighted by molar-refractivity contribution is 6.30. The molecule has 0 aliphatic carbocycles. The first kappa shape index (κ1) is 14.3. The van der Waals surface area contributed by atoms with Crippen molar-refractivity contribution in [1.82, 2.24) is 10.2 Å². The molecule has 0 radical (unpaired) electrons. The molecular weight excluding hydrogens is 267 g/mol. The second-order valence-corrected chi connectivity index (χ2v) is 5.24. The number of hydrogen-bond acceptors (Lipinski definition) is 2. The van der Waals surface area contributed by atoms with Crippen LogP contribution in [0.1, 0.15) is 31.4 Å². The van der Waals surface area contributed by atoms with Crippen LogP contribution in [0.2, 0.25) is 5.02 Å². The van der Waals surface area contributed by atoms with E-state index in [1.807, 2.05) is 11.8 Å². The molecule has 1 amide bonds. The topological polar surface area (TPSA) is 32.3 Å². The molecule has 1 aromatic rings. The van der Waals surface area contributed by atoms with Crippen molar-refractivity contribution in [1.29, 1.82) is 0 Å². The Kier molecular flexibility index (Phi) is 4.77. The number of likely N-dealkylation sites (tertiary alicyclic amines) is 1. The number of amides is 1. The van der Waals surface area contributed by atoms with Crippen LogP contribution in [0.3, 0.4) is 0 Å². The summed E-state index contributed by atoms with van der Waals surface area (Å²) in [4.78, 5) is 13.3. The molecule has 5 heteroatoms. The van der Waals surface area contributed by atoms with E-state index in [9.17, 15) is 9.18 Å². The summed E-state index contributed by atoms with van der Waals surface area (Å²) < 4.78 is 13.1. The van der Waals surface area contributed by atoms with Gasteiger partial charge in [0.2, 0.25) is 5.91 Å². The van der Waals surface area contributed by atoms with Crippen molar-refractivity contribution in [3.8, 4) is 0 Å². The number of nitrogens with zero attached hydrogens (tertiary/aromatic N) is 1. The third-order valence-electron chi connectivity index (χ3n) is 3.45. The number of nitrogens with one attached hydrogen (secondary N) is 1. The first-order valence-corrected chi connectivity index (χ1v) is 6.92. The van der Waals surface area contributed by atoms with E-state index in [2.05, 4.69) is 5.32 Å². The lowest BCUT2D eigenvalue weighted by Crippen LogP contribution is -2.33. The van der Waals surface area contributed by atoms with Crippen LogP contribution in [-0.2, 0) is 4.79 Å². The monoisotopic (exact) mass is 284 g/mol. The van der Waals surface area contributed by atoms with E-state index in [0.29, 0.717) is 6.42 Å². The van der Waals surface area contributed by atoms with Gasteiger partial charge < -0.3 is 10.2 Å². The van der Waals surface area contributed by atoms with Gasteiger partial charge in [0.25, 0.3) is 0 Å². The predicted molar refractivity (Wildman–Crippen MR) is 73.6 cm³/mol. The minimum absolute atomic E-state index is 0.0794. The molecule has 1 atom stereocenters. The number of rotatable bonds is 5. The maximum absolute atomic E-state index is 13.1. The quantitative estimate of drug-likeness (QED) is 0.902. The molecule has 0 aromatic heterocycles. The molecule has 104 valence electrons. The summed E-state index contributed by atoms with van der Waals surface area (Å²) >= 11 is 5.76. The molecule has 2 rings (SSSR count). The minimum Gasteiger partial charge on any atom is -0.341 e. The Labute approximate surface area is 117 Å². The Hall–Kier alpha value is -1.13. The van der Waals surface area contributed by atoms with E-state index in [0.717, 1.165) is 31.6 Å². The summed E-state index contributed by atoms with van der Waals surface area (Å²) in [5, 5.41) is 3.46. The Bertz CT molecular complexity index is 467.